The summed E-state index contributed by atoms with van der Waals surface area (Å²) in [6.07, 6.45) is 0. The van der Waals surface area contributed by atoms with E-state index in [1.807, 2.05) is 78.9 Å². The Labute approximate surface area is 167 Å². The van der Waals surface area contributed by atoms with Gasteiger partial charge in [-0.2, -0.15) is 0 Å². The van der Waals surface area contributed by atoms with Gasteiger partial charge in [0.05, 0.1) is 16.8 Å². The van der Waals surface area contributed by atoms with Crippen LogP contribution in [0.2, 0.25) is 0 Å². The molecule has 4 aromatic rings. The maximum absolute atomic E-state index is 13.0. The minimum atomic E-state index is -0.130. The number of carbonyl (C=O) groups excluding carboxylic acids is 1. The number of carbonyl (C=O) groups is 1. The molecular weight excluding hydrogens is 364 g/mol. The molecule has 0 saturated heterocycles. The molecule has 142 valence electrons. The number of ether oxygens (including phenoxy) is 2. The largest absolute Gasteiger partial charge is 0.454 e. The van der Waals surface area contributed by atoms with Gasteiger partial charge in [-0.05, 0) is 35.9 Å². The highest BCUT2D eigenvalue weighted by Crippen LogP contribution is 2.36. The van der Waals surface area contributed by atoms with E-state index >= 15 is 0 Å². The zero-order valence-corrected chi connectivity index (χ0v) is 15.6. The molecule has 0 saturated carbocycles. The zero-order valence-electron chi connectivity index (χ0n) is 15.6. The van der Waals surface area contributed by atoms with Crippen LogP contribution in [0.4, 0.5) is 0 Å². The summed E-state index contributed by atoms with van der Waals surface area (Å²) in [6.45, 7) is 0.687. The Morgan fingerprint density at radius 1 is 0.897 bits per heavy atom. The predicted molar refractivity (Wildman–Crippen MR) is 111 cm³/mol. The third-order valence-corrected chi connectivity index (χ3v) is 4.93. The molecule has 5 rings (SSSR count). The number of para-hydroxylation sites is 1. The minimum Gasteiger partial charge on any atom is -0.454 e. The number of pyridine rings is 1. The molecule has 2 heterocycles. The first-order chi connectivity index (χ1) is 14.3. The summed E-state index contributed by atoms with van der Waals surface area (Å²) in [6, 6.07) is 25.0. The number of fused-ring (bicyclic) bond motifs is 2. The van der Waals surface area contributed by atoms with Crippen LogP contribution in [0.3, 0.4) is 0 Å². The van der Waals surface area contributed by atoms with E-state index in [1.165, 1.54) is 0 Å². The van der Waals surface area contributed by atoms with Crippen LogP contribution in [-0.2, 0) is 6.54 Å². The third kappa shape index (κ3) is 3.38. The lowest BCUT2D eigenvalue weighted by Crippen LogP contribution is -2.23. The quantitative estimate of drug-likeness (QED) is 0.562. The number of amides is 1. The van der Waals surface area contributed by atoms with Crippen molar-refractivity contribution in [3.8, 4) is 22.8 Å². The smallest absolute Gasteiger partial charge is 0.252 e. The van der Waals surface area contributed by atoms with Gasteiger partial charge in [-0.25, -0.2) is 4.98 Å². The highest BCUT2D eigenvalue weighted by Gasteiger charge is 2.17. The van der Waals surface area contributed by atoms with Crippen molar-refractivity contribution in [2.75, 3.05) is 6.79 Å². The summed E-state index contributed by atoms with van der Waals surface area (Å²) in [7, 11) is 0. The Balaban J connectivity index is 1.53. The maximum atomic E-state index is 13.0. The topological polar surface area (TPSA) is 60.5 Å². The van der Waals surface area contributed by atoms with Gasteiger partial charge in [0.1, 0.15) is 0 Å². The Hall–Kier alpha value is -3.86. The van der Waals surface area contributed by atoms with Crippen LogP contribution in [0.15, 0.2) is 78.9 Å². The van der Waals surface area contributed by atoms with E-state index < -0.39 is 0 Å². The Kier molecular flexibility index (Phi) is 4.33. The molecule has 0 unspecified atom stereocenters. The third-order valence-electron chi connectivity index (χ3n) is 4.93. The van der Waals surface area contributed by atoms with Crippen molar-refractivity contribution >= 4 is 16.8 Å². The van der Waals surface area contributed by atoms with Crippen LogP contribution in [0.25, 0.3) is 22.2 Å². The lowest BCUT2D eigenvalue weighted by atomic mass is 10.0. The van der Waals surface area contributed by atoms with Crippen LogP contribution in [0.5, 0.6) is 11.5 Å². The molecule has 1 aliphatic rings. The Bertz CT molecular complexity index is 1210. The van der Waals surface area contributed by atoms with E-state index in [0.717, 1.165) is 27.8 Å². The monoisotopic (exact) mass is 382 g/mol. The highest BCUT2D eigenvalue weighted by atomic mass is 16.7. The number of nitrogens with one attached hydrogen (secondary N) is 1. The van der Waals surface area contributed by atoms with Gasteiger partial charge in [-0.15, -0.1) is 0 Å². The SMILES string of the molecule is O=C(NCc1ccccc1)c1cc(-c2ccc3c(c2)OCO3)nc2ccccc12. The fourth-order valence-electron chi connectivity index (χ4n) is 3.44. The van der Waals surface area contributed by atoms with Gasteiger partial charge in [-0.1, -0.05) is 48.5 Å². The Morgan fingerprint density at radius 2 is 1.69 bits per heavy atom. The minimum absolute atomic E-state index is 0.130. The molecular formula is C24H18N2O3. The zero-order chi connectivity index (χ0) is 19.6. The molecule has 0 radical (unpaired) electrons. The second kappa shape index (κ2) is 7.28. The second-order valence-corrected chi connectivity index (χ2v) is 6.81. The maximum Gasteiger partial charge on any atom is 0.252 e. The van der Waals surface area contributed by atoms with E-state index in [4.69, 9.17) is 14.5 Å². The second-order valence-electron chi connectivity index (χ2n) is 6.81. The molecule has 0 atom stereocenters. The first kappa shape index (κ1) is 17.3. The van der Waals surface area contributed by atoms with E-state index in [9.17, 15) is 4.79 Å². The van der Waals surface area contributed by atoms with Crippen molar-refractivity contribution in [3.05, 3.63) is 90.0 Å². The van der Waals surface area contributed by atoms with Crippen molar-refractivity contribution in [2.24, 2.45) is 0 Å². The van der Waals surface area contributed by atoms with Crippen LogP contribution in [0.1, 0.15) is 15.9 Å². The van der Waals surface area contributed by atoms with Gasteiger partial charge < -0.3 is 14.8 Å². The summed E-state index contributed by atoms with van der Waals surface area (Å²) in [5.41, 5.74) is 4.01. The number of nitrogens with zero attached hydrogens (tertiary/aromatic N) is 1. The summed E-state index contributed by atoms with van der Waals surface area (Å²) in [5, 5.41) is 3.84. The van der Waals surface area contributed by atoms with Crippen molar-refractivity contribution in [1.29, 1.82) is 0 Å². The molecule has 1 aromatic heterocycles. The molecule has 1 amide bonds. The van der Waals surface area contributed by atoms with E-state index in [-0.39, 0.29) is 12.7 Å². The fourth-order valence-corrected chi connectivity index (χ4v) is 3.44. The molecule has 0 fully saturated rings. The molecule has 0 spiro atoms. The molecule has 1 N–H and O–H groups in total. The number of rotatable bonds is 4. The molecule has 5 heteroatoms. The van der Waals surface area contributed by atoms with Crippen LogP contribution in [0, 0.1) is 0 Å². The van der Waals surface area contributed by atoms with Gasteiger partial charge in [0, 0.05) is 17.5 Å². The highest BCUT2D eigenvalue weighted by molar-refractivity contribution is 6.07. The molecule has 3 aromatic carbocycles. The summed E-state index contributed by atoms with van der Waals surface area (Å²) < 4.78 is 10.9. The number of benzene rings is 3. The predicted octanol–water partition coefficient (Wildman–Crippen LogP) is 4.56. The lowest BCUT2D eigenvalue weighted by Gasteiger charge is -2.11. The van der Waals surface area contributed by atoms with Crippen LogP contribution in [-0.4, -0.2) is 17.7 Å². The summed E-state index contributed by atoms with van der Waals surface area (Å²) in [5.74, 6) is 1.28. The van der Waals surface area contributed by atoms with E-state index in [1.54, 1.807) is 0 Å². The van der Waals surface area contributed by atoms with E-state index in [2.05, 4.69) is 5.32 Å². The number of aromatic nitrogens is 1. The molecule has 29 heavy (non-hydrogen) atoms. The van der Waals surface area contributed by atoms with E-state index in [0.29, 0.717) is 23.6 Å². The van der Waals surface area contributed by atoms with Gasteiger partial charge >= 0.3 is 0 Å². The molecule has 0 aliphatic carbocycles. The normalized spacial score (nSPS) is 12.1. The van der Waals surface area contributed by atoms with Gasteiger partial charge in [0.25, 0.3) is 5.91 Å². The standard InChI is InChI=1S/C24H18N2O3/c27-24(25-14-16-6-2-1-3-7-16)19-13-21(26-20-9-5-4-8-18(19)20)17-10-11-22-23(12-17)29-15-28-22/h1-13H,14-15H2,(H,25,27). The average Bonchev–Trinajstić information content (AvgIpc) is 3.25. The van der Waals surface area contributed by atoms with Crippen molar-refractivity contribution in [1.82, 2.24) is 10.3 Å². The van der Waals surface area contributed by atoms with Crippen LogP contribution < -0.4 is 14.8 Å². The summed E-state index contributed by atoms with van der Waals surface area (Å²) >= 11 is 0. The molecule has 5 nitrogen and oxygen atoms in total. The van der Waals surface area contributed by atoms with Gasteiger partial charge in [0.15, 0.2) is 11.5 Å². The fraction of sp³-hybridized carbons (Fsp3) is 0.0833. The van der Waals surface area contributed by atoms with Crippen molar-refractivity contribution in [2.45, 2.75) is 6.54 Å². The van der Waals surface area contributed by atoms with Gasteiger partial charge in [-0.3, -0.25) is 4.79 Å². The van der Waals surface area contributed by atoms with Crippen LogP contribution >= 0.6 is 0 Å². The number of hydrogen-bond acceptors (Lipinski definition) is 4. The molecule has 0 bridgehead atoms. The van der Waals surface area contributed by atoms with Gasteiger partial charge in [0.2, 0.25) is 6.79 Å². The Morgan fingerprint density at radius 3 is 2.59 bits per heavy atom. The first-order valence-electron chi connectivity index (χ1n) is 9.40. The van der Waals surface area contributed by atoms with Crippen molar-refractivity contribution < 1.29 is 14.3 Å². The average molecular weight is 382 g/mol. The lowest BCUT2D eigenvalue weighted by molar-refractivity contribution is 0.0952. The summed E-state index contributed by atoms with van der Waals surface area (Å²) in [4.78, 5) is 17.8. The first-order valence-corrected chi connectivity index (χ1v) is 9.40. The molecule has 1 aliphatic heterocycles. The number of hydrogen-bond donors (Lipinski definition) is 1. The van der Waals surface area contributed by atoms with Crippen molar-refractivity contribution in [3.63, 3.8) is 0 Å².